The van der Waals surface area contributed by atoms with Crippen molar-refractivity contribution in [2.45, 2.75) is 46.6 Å². The lowest BCUT2D eigenvalue weighted by atomic mass is 9.93. The molecule has 3 heteroatoms. The average molecular weight is 240 g/mol. The van der Waals surface area contributed by atoms with E-state index in [2.05, 4.69) is 43.4 Å². The van der Waals surface area contributed by atoms with Gasteiger partial charge in [0.15, 0.2) is 0 Å². The normalized spacial score (nSPS) is 13.6. The van der Waals surface area contributed by atoms with Crippen LogP contribution in [-0.4, -0.2) is 17.6 Å². The minimum Gasteiger partial charge on any atom is -0.314 e. The molecular weight excluding hydrogens is 216 g/mol. The van der Waals surface area contributed by atoms with Crippen molar-refractivity contribution in [2.75, 3.05) is 6.54 Å². The summed E-state index contributed by atoms with van der Waals surface area (Å²) in [5.74, 6) is 1.47. The van der Waals surface area contributed by atoms with E-state index in [4.69, 9.17) is 0 Å². The van der Waals surface area contributed by atoms with Crippen LogP contribution in [0.15, 0.2) is 10.9 Å². The second-order valence-electron chi connectivity index (χ2n) is 5.24. The third-order valence-corrected chi connectivity index (χ3v) is 3.24. The Labute approximate surface area is 103 Å². The van der Waals surface area contributed by atoms with Crippen LogP contribution < -0.4 is 5.32 Å². The third-order valence-electron chi connectivity index (χ3n) is 2.60. The van der Waals surface area contributed by atoms with E-state index in [0.717, 1.165) is 18.9 Å². The summed E-state index contributed by atoms with van der Waals surface area (Å²) in [4.78, 5) is 4.38. The summed E-state index contributed by atoms with van der Waals surface area (Å²) < 4.78 is 0. The molecule has 0 fully saturated rings. The van der Waals surface area contributed by atoms with E-state index in [0.29, 0.717) is 12.0 Å². The Kier molecular flexibility index (Phi) is 5.99. The van der Waals surface area contributed by atoms with Crippen LogP contribution in [0.2, 0.25) is 0 Å². The van der Waals surface area contributed by atoms with Crippen LogP contribution in [0.25, 0.3) is 0 Å². The number of rotatable bonds is 7. The van der Waals surface area contributed by atoms with E-state index >= 15 is 0 Å². The van der Waals surface area contributed by atoms with E-state index in [-0.39, 0.29) is 0 Å². The highest BCUT2D eigenvalue weighted by Crippen LogP contribution is 2.17. The van der Waals surface area contributed by atoms with Gasteiger partial charge in [0.25, 0.3) is 0 Å². The monoisotopic (exact) mass is 240 g/mol. The fourth-order valence-electron chi connectivity index (χ4n) is 1.94. The zero-order chi connectivity index (χ0) is 12.0. The van der Waals surface area contributed by atoms with Crippen molar-refractivity contribution in [1.82, 2.24) is 10.3 Å². The Hall–Kier alpha value is -0.410. The second kappa shape index (κ2) is 7.02. The molecule has 0 aliphatic heterocycles. The highest BCUT2D eigenvalue weighted by atomic mass is 32.1. The minimum atomic E-state index is 0.574. The van der Waals surface area contributed by atoms with Crippen LogP contribution in [0.3, 0.4) is 0 Å². The molecule has 0 aromatic carbocycles. The number of aromatic nitrogens is 1. The summed E-state index contributed by atoms with van der Waals surface area (Å²) in [6.07, 6.45) is 2.39. The third kappa shape index (κ3) is 5.61. The van der Waals surface area contributed by atoms with Crippen molar-refractivity contribution in [3.05, 3.63) is 16.6 Å². The average Bonchev–Trinajstić information content (AvgIpc) is 2.66. The molecule has 92 valence electrons. The lowest BCUT2D eigenvalue weighted by Crippen LogP contribution is -2.30. The molecule has 0 spiro atoms. The van der Waals surface area contributed by atoms with Gasteiger partial charge in [0.05, 0.1) is 11.2 Å². The maximum atomic E-state index is 4.38. The quantitative estimate of drug-likeness (QED) is 0.790. The first-order valence-electron chi connectivity index (χ1n) is 6.18. The number of hydrogen-bond donors (Lipinski definition) is 1. The van der Waals surface area contributed by atoms with Gasteiger partial charge in [-0.1, -0.05) is 27.7 Å². The molecule has 1 rings (SSSR count). The molecule has 0 amide bonds. The van der Waals surface area contributed by atoms with Crippen molar-refractivity contribution < 1.29 is 0 Å². The Morgan fingerprint density at radius 2 is 2.06 bits per heavy atom. The molecule has 0 aliphatic carbocycles. The molecule has 2 nitrogen and oxygen atoms in total. The van der Waals surface area contributed by atoms with Gasteiger partial charge >= 0.3 is 0 Å². The minimum absolute atomic E-state index is 0.574. The van der Waals surface area contributed by atoms with Crippen molar-refractivity contribution in [3.8, 4) is 0 Å². The lowest BCUT2D eigenvalue weighted by molar-refractivity contribution is 0.371. The van der Waals surface area contributed by atoms with Crippen LogP contribution >= 0.6 is 11.3 Å². The van der Waals surface area contributed by atoms with Gasteiger partial charge in [-0.2, -0.15) is 0 Å². The highest BCUT2D eigenvalue weighted by molar-refractivity contribution is 7.07. The zero-order valence-electron chi connectivity index (χ0n) is 10.9. The van der Waals surface area contributed by atoms with Crippen molar-refractivity contribution in [3.63, 3.8) is 0 Å². The molecule has 1 heterocycles. The molecule has 0 aliphatic rings. The van der Waals surface area contributed by atoms with Crippen LogP contribution in [0.1, 0.15) is 39.8 Å². The van der Waals surface area contributed by atoms with Gasteiger partial charge in [-0.25, -0.2) is 4.98 Å². The molecule has 1 unspecified atom stereocenters. The summed E-state index contributed by atoms with van der Waals surface area (Å²) in [5, 5.41) is 5.71. The van der Waals surface area contributed by atoms with Gasteiger partial charge in [-0.15, -0.1) is 11.3 Å². The maximum absolute atomic E-state index is 4.38. The van der Waals surface area contributed by atoms with Gasteiger partial charge < -0.3 is 5.32 Å². The maximum Gasteiger partial charge on any atom is 0.0794 e. The molecule has 0 bridgehead atoms. The predicted molar refractivity (Wildman–Crippen MR) is 71.9 cm³/mol. The smallest absolute Gasteiger partial charge is 0.0794 e. The number of nitrogens with one attached hydrogen (secondary N) is 1. The first kappa shape index (κ1) is 13.7. The van der Waals surface area contributed by atoms with Crippen molar-refractivity contribution in [1.29, 1.82) is 0 Å². The molecule has 16 heavy (non-hydrogen) atoms. The SMILES string of the molecule is CC(C)CC(CNC(C)C)Cc1cscn1. The molecular formula is C13H24N2S. The fraction of sp³-hybridized carbons (Fsp3) is 0.769. The molecule has 1 aromatic rings. The zero-order valence-corrected chi connectivity index (χ0v) is 11.7. The Bertz CT molecular complexity index is 267. The van der Waals surface area contributed by atoms with E-state index in [9.17, 15) is 0 Å². The topological polar surface area (TPSA) is 24.9 Å². The number of nitrogens with zero attached hydrogens (tertiary/aromatic N) is 1. The van der Waals surface area contributed by atoms with Gasteiger partial charge in [0.2, 0.25) is 0 Å². The first-order valence-corrected chi connectivity index (χ1v) is 7.12. The van der Waals surface area contributed by atoms with Crippen LogP contribution in [-0.2, 0) is 6.42 Å². The molecule has 0 saturated heterocycles. The van der Waals surface area contributed by atoms with Gasteiger partial charge in [0.1, 0.15) is 0 Å². The first-order chi connectivity index (χ1) is 7.58. The van der Waals surface area contributed by atoms with E-state index in [1.807, 2.05) is 5.51 Å². The Morgan fingerprint density at radius 1 is 1.31 bits per heavy atom. The van der Waals surface area contributed by atoms with E-state index < -0.39 is 0 Å². The number of thiazole rings is 1. The molecule has 1 aromatic heterocycles. The Morgan fingerprint density at radius 3 is 2.56 bits per heavy atom. The molecule has 1 atom stereocenters. The van der Waals surface area contributed by atoms with Crippen molar-refractivity contribution >= 4 is 11.3 Å². The standard InChI is InChI=1S/C13H24N2S/c1-10(2)5-12(7-14-11(3)4)6-13-8-16-9-15-13/h8-12,14H,5-7H2,1-4H3. The summed E-state index contributed by atoms with van der Waals surface area (Å²) in [5.41, 5.74) is 3.18. The van der Waals surface area contributed by atoms with E-state index in [1.54, 1.807) is 11.3 Å². The second-order valence-corrected chi connectivity index (χ2v) is 5.96. The number of hydrogen-bond acceptors (Lipinski definition) is 3. The highest BCUT2D eigenvalue weighted by Gasteiger charge is 2.13. The van der Waals surface area contributed by atoms with Crippen LogP contribution in [0, 0.1) is 11.8 Å². The summed E-state index contributed by atoms with van der Waals surface area (Å²) in [6, 6.07) is 0.574. The van der Waals surface area contributed by atoms with Crippen LogP contribution in [0.4, 0.5) is 0 Å². The Balaban J connectivity index is 2.43. The van der Waals surface area contributed by atoms with Gasteiger partial charge in [-0.05, 0) is 31.2 Å². The predicted octanol–water partition coefficient (Wildman–Crippen LogP) is 3.35. The summed E-state index contributed by atoms with van der Waals surface area (Å²) in [7, 11) is 0. The fourth-order valence-corrected chi connectivity index (χ4v) is 2.51. The van der Waals surface area contributed by atoms with Gasteiger partial charge in [0, 0.05) is 11.4 Å². The summed E-state index contributed by atoms with van der Waals surface area (Å²) in [6.45, 7) is 10.1. The summed E-state index contributed by atoms with van der Waals surface area (Å²) >= 11 is 1.69. The molecule has 0 saturated carbocycles. The largest absolute Gasteiger partial charge is 0.314 e. The molecule has 0 radical (unpaired) electrons. The van der Waals surface area contributed by atoms with Crippen LogP contribution in [0.5, 0.6) is 0 Å². The molecule has 1 N–H and O–H groups in total. The van der Waals surface area contributed by atoms with Gasteiger partial charge in [-0.3, -0.25) is 0 Å². The van der Waals surface area contributed by atoms with E-state index in [1.165, 1.54) is 12.1 Å². The van der Waals surface area contributed by atoms with Crippen molar-refractivity contribution in [2.24, 2.45) is 11.8 Å². The lowest BCUT2D eigenvalue weighted by Gasteiger charge is -2.20.